The number of hydrogen-bond acceptors (Lipinski definition) is 3. The Bertz CT molecular complexity index is 947. The van der Waals surface area contributed by atoms with Crippen LogP contribution in [-0.2, 0) is 26.3 Å². The molecule has 1 aromatic carbocycles. The van der Waals surface area contributed by atoms with Gasteiger partial charge in [0.15, 0.2) is 0 Å². The monoisotopic (exact) mass is 379 g/mol. The highest BCUT2D eigenvalue weighted by molar-refractivity contribution is 5.89. The first kappa shape index (κ1) is 20.6. The van der Waals surface area contributed by atoms with Crippen LogP contribution in [0.5, 0.6) is 0 Å². The summed E-state index contributed by atoms with van der Waals surface area (Å²) in [5.41, 5.74) is 6.34. The second-order valence-electron chi connectivity index (χ2n) is 8.33. The first-order valence-corrected chi connectivity index (χ1v) is 10.1. The van der Waals surface area contributed by atoms with Gasteiger partial charge in [0.05, 0.1) is 11.1 Å². The van der Waals surface area contributed by atoms with Crippen molar-refractivity contribution < 1.29 is 5.11 Å². The number of allylic oxidation sites excluding steroid dienone is 1. The lowest BCUT2D eigenvalue weighted by Crippen LogP contribution is -2.29. The summed E-state index contributed by atoms with van der Waals surface area (Å²) in [6.45, 7) is 11.7. The molecule has 0 saturated heterocycles. The quantitative estimate of drug-likeness (QED) is 0.631. The number of nitrogens with zero attached hydrogens (tertiary/aromatic N) is 3. The highest BCUT2D eigenvalue weighted by atomic mass is 16.3. The van der Waals surface area contributed by atoms with Crippen molar-refractivity contribution in [1.82, 2.24) is 9.47 Å². The van der Waals surface area contributed by atoms with E-state index in [4.69, 9.17) is 0 Å². The lowest BCUT2D eigenvalue weighted by Gasteiger charge is -2.25. The van der Waals surface area contributed by atoms with Gasteiger partial charge in [-0.15, -0.1) is 0 Å². The second kappa shape index (κ2) is 8.06. The van der Waals surface area contributed by atoms with Gasteiger partial charge < -0.3 is 14.6 Å². The van der Waals surface area contributed by atoms with Gasteiger partial charge in [-0.25, -0.2) is 0 Å². The van der Waals surface area contributed by atoms with Crippen molar-refractivity contribution in [3.63, 3.8) is 0 Å². The van der Waals surface area contributed by atoms with Gasteiger partial charge >= 0.3 is 0 Å². The van der Waals surface area contributed by atoms with Crippen LogP contribution in [0.4, 0.5) is 0 Å². The Kier molecular flexibility index (Phi) is 5.92. The van der Waals surface area contributed by atoms with Crippen LogP contribution in [0.1, 0.15) is 36.2 Å². The Labute approximate surface area is 168 Å². The Morgan fingerprint density at radius 3 is 2.68 bits per heavy atom. The molecule has 0 bridgehead atoms. The van der Waals surface area contributed by atoms with E-state index in [2.05, 4.69) is 54.3 Å². The predicted molar refractivity (Wildman–Crippen MR) is 119 cm³/mol. The van der Waals surface area contributed by atoms with Crippen molar-refractivity contribution in [2.45, 2.75) is 45.6 Å². The fourth-order valence-electron chi connectivity index (χ4n) is 4.53. The molecule has 1 N–H and O–H groups in total. The fraction of sp³-hybridized carbons (Fsp3) is 0.458. The van der Waals surface area contributed by atoms with Gasteiger partial charge in [0, 0.05) is 55.8 Å². The zero-order valence-corrected chi connectivity index (χ0v) is 17.9. The molecule has 0 fully saturated rings. The number of likely N-dealkylation sites (N-methyl/N-ethyl adjacent to an activating group) is 1. The molecule has 1 aliphatic heterocycles. The molecule has 2 heterocycles. The van der Waals surface area contributed by atoms with Crippen LogP contribution in [-0.4, -0.2) is 47.0 Å². The highest BCUT2D eigenvalue weighted by Crippen LogP contribution is 2.34. The normalized spacial score (nSPS) is 18.3. The Balaban J connectivity index is 2.14. The summed E-state index contributed by atoms with van der Waals surface area (Å²) < 4.78 is 2.36. The van der Waals surface area contributed by atoms with Crippen molar-refractivity contribution in [3.05, 3.63) is 58.4 Å². The van der Waals surface area contributed by atoms with Gasteiger partial charge in [0.1, 0.15) is 0 Å². The maximum absolute atomic E-state index is 11.3. The average Bonchev–Trinajstić information content (AvgIpc) is 2.76. The van der Waals surface area contributed by atoms with E-state index in [9.17, 15) is 5.11 Å². The van der Waals surface area contributed by atoms with Gasteiger partial charge in [-0.2, -0.15) is 0 Å². The minimum atomic E-state index is -1.02. The third kappa shape index (κ3) is 3.85. The molecule has 1 atom stereocenters. The summed E-state index contributed by atoms with van der Waals surface area (Å²) in [6.07, 6.45) is 8.18. The molecular formula is C24H33N3O. The van der Waals surface area contributed by atoms with Crippen LogP contribution in [0, 0.1) is 6.92 Å². The number of hydrogen-bond donors (Lipinski definition) is 1. The third-order valence-electron chi connectivity index (χ3n) is 5.95. The molecule has 4 heteroatoms. The van der Waals surface area contributed by atoms with Crippen LogP contribution in [0.2, 0.25) is 0 Å². The van der Waals surface area contributed by atoms with Gasteiger partial charge in [-0.1, -0.05) is 23.8 Å². The topological polar surface area (TPSA) is 40.8 Å². The smallest absolute Gasteiger partial charge is 0.0924 e. The zero-order chi connectivity index (χ0) is 20.5. The zero-order valence-electron chi connectivity index (χ0n) is 17.9. The molecule has 0 spiro atoms. The summed E-state index contributed by atoms with van der Waals surface area (Å²) >= 11 is 0. The number of benzene rings is 1. The number of aliphatic imine (C=N–C) groups is 1. The van der Waals surface area contributed by atoms with E-state index in [0.717, 1.165) is 31.5 Å². The SMILES string of the molecule is C=NC=C(C=CC)C(C)(O)Cc1cc(C)cc2c3c(n(C)c12)CCN(C)CC3. The first-order valence-electron chi connectivity index (χ1n) is 10.1. The van der Waals surface area contributed by atoms with Crippen molar-refractivity contribution in [2.24, 2.45) is 12.0 Å². The molecule has 0 radical (unpaired) electrons. The van der Waals surface area contributed by atoms with Crippen molar-refractivity contribution >= 4 is 17.6 Å². The van der Waals surface area contributed by atoms with Gasteiger partial charge in [0.25, 0.3) is 0 Å². The predicted octanol–water partition coefficient (Wildman–Crippen LogP) is 3.97. The van der Waals surface area contributed by atoms with E-state index >= 15 is 0 Å². The summed E-state index contributed by atoms with van der Waals surface area (Å²) in [7, 11) is 4.37. The summed E-state index contributed by atoms with van der Waals surface area (Å²) in [5.74, 6) is 0. The maximum Gasteiger partial charge on any atom is 0.0924 e. The van der Waals surface area contributed by atoms with Crippen LogP contribution in [0.25, 0.3) is 10.9 Å². The van der Waals surface area contributed by atoms with Crippen molar-refractivity contribution in [1.29, 1.82) is 0 Å². The largest absolute Gasteiger partial charge is 0.385 e. The Hall–Kier alpha value is -2.17. The lowest BCUT2D eigenvalue weighted by atomic mass is 9.87. The molecule has 1 unspecified atom stereocenters. The van der Waals surface area contributed by atoms with E-state index in [-0.39, 0.29) is 0 Å². The highest BCUT2D eigenvalue weighted by Gasteiger charge is 2.28. The molecule has 1 aliphatic rings. The van der Waals surface area contributed by atoms with Gasteiger partial charge in [-0.3, -0.25) is 4.99 Å². The van der Waals surface area contributed by atoms with Crippen molar-refractivity contribution in [2.75, 3.05) is 20.1 Å². The summed E-state index contributed by atoms with van der Waals surface area (Å²) in [4.78, 5) is 6.30. The Morgan fingerprint density at radius 2 is 2.00 bits per heavy atom. The van der Waals surface area contributed by atoms with E-state index in [1.165, 1.54) is 33.3 Å². The standard InChI is InChI=1S/C24H33N3O/c1-7-8-19(16-25-4)24(3,28)15-18-13-17(2)14-21-20-9-11-26(5)12-10-22(20)27(6)23(18)21/h7-8,13-14,16,28H,4,9-12,15H2,1-3,5-6H3. The Morgan fingerprint density at radius 1 is 1.29 bits per heavy atom. The fourth-order valence-corrected chi connectivity index (χ4v) is 4.53. The molecule has 28 heavy (non-hydrogen) atoms. The molecule has 2 aromatic rings. The summed E-state index contributed by atoms with van der Waals surface area (Å²) in [6, 6.07) is 4.53. The molecule has 0 amide bonds. The number of fused-ring (bicyclic) bond motifs is 3. The van der Waals surface area contributed by atoms with E-state index in [1.54, 1.807) is 6.20 Å². The number of rotatable bonds is 5. The summed E-state index contributed by atoms with van der Waals surface area (Å²) in [5, 5.41) is 12.6. The molecule has 0 aliphatic carbocycles. The molecule has 0 saturated carbocycles. The maximum atomic E-state index is 11.3. The van der Waals surface area contributed by atoms with Gasteiger partial charge in [0.2, 0.25) is 0 Å². The minimum absolute atomic E-state index is 0.535. The number of aromatic nitrogens is 1. The van der Waals surface area contributed by atoms with Crippen LogP contribution in [0.3, 0.4) is 0 Å². The van der Waals surface area contributed by atoms with E-state index in [0.29, 0.717) is 6.42 Å². The van der Waals surface area contributed by atoms with E-state index in [1.807, 2.05) is 26.0 Å². The number of aliphatic hydroxyl groups is 1. The third-order valence-corrected chi connectivity index (χ3v) is 5.95. The molecule has 3 rings (SSSR count). The first-order chi connectivity index (χ1) is 13.3. The minimum Gasteiger partial charge on any atom is -0.385 e. The second-order valence-corrected chi connectivity index (χ2v) is 8.33. The van der Waals surface area contributed by atoms with Crippen LogP contribution in [0.15, 0.2) is 41.1 Å². The van der Waals surface area contributed by atoms with Crippen molar-refractivity contribution in [3.8, 4) is 0 Å². The lowest BCUT2D eigenvalue weighted by molar-refractivity contribution is 0.103. The van der Waals surface area contributed by atoms with Crippen LogP contribution >= 0.6 is 0 Å². The molecule has 1 aromatic heterocycles. The molecule has 4 nitrogen and oxygen atoms in total. The van der Waals surface area contributed by atoms with E-state index < -0.39 is 5.60 Å². The number of aryl methyl sites for hydroxylation is 2. The van der Waals surface area contributed by atoms with Gasteiger partial charge in [-0.05, 0) is 58.2 Å². The average molecular weight is 380 g/mol. The molecular weight excluding hydrogens is 346 g/mol. The molecule has 150 valence electrons. The van der Waals surface area contributed by atoms with Crippen LogP contribution < -0.4 is 0 Å².